The van der Waals surface area contributed by atoms with E-state index in [0.29, 0.717) is 19.0 Å². The standard InChI is InChI=1S/C9H17F3N2/c1-6(2)14-7-3-4-8(13-5-7)9(10,11)12/h6-8,13-14H,3-5H2,1-2H3/t7-,8-/m0/s1. The maximum atomic E-state index is 12.2. The Balaban J connectivity index is 2.31. The van der Waals surface area contributed by atoms with Gasteiger partial charge in [0.1, 0.15) is 6.04 Å². The molecule has 1 rings (SSSR count). The molecule has 84 valence electrons. The highest BCUT2D eigenvalue weighted by Crippen LogP contribution is 2.26. The highest BCUT2D eigenvalue weighted by Gasteiger charge is 2.41. The fraction of sp³-hybridized carbons (Fsp3) is 1.00. The summed E-state index contributed by atoms with van der Waals surface area (Å²) in [6.45, 7) is 4.40. The van der Waals surface area contributed by atoms with Gasteiger partial charge < -0.3 is 10.6 Å². The van der Waals surface area contributed by atoms with Crippen LogP contribution in [0.15, 0.2) is 0 Å². The maximum absolute atomic E-state index is 12.2. The van der Waals surface area contributed by atoms with Crippen molar-refractivity contribution >= 4 is 0 Å². The van der Waals surface area contributed by atoms with Gasteiger partial charge in [0.15, 0.2) is 0 Å². The zero-order chi connectivity index (χ0) is 10.8. The third-order valence-corrected chi connectivity index (χ3v) is 2.38. The summed E-state index contributed by atoms with van der Waals surface area (Å²) in [5.74, 6) is 0. The van der Waals surface area contributed by atoms with Crippen LogP contribution in [0.1, 0.15) is 26.7 Å². The van der Waals surface area contributed by atoms with Gasteiger partial charge in [-0.1, -0.05) is 13.8 Å². The number of piperidine rings is 1. The summed E-state index contributed by atoms with van der Waals surface area (Å²) in [6, 6.07) is -0.814. The molecule has 0 aliphatic carbocycles. The van der Waals surface area contributed by atoms with E-state index in [2.05, 4.69) is 10.6 Å². The molecular weight excluding hydrogens is 193 g/mol. The molecule has 2 nitrogen and oxygen atoms in total. The molecule has 0 unspecified atom stereocenters. The number of halogens is 3. The molecule has 1 saturated heterocycles. The van der Waals surface area contributed by atoms with Crippen LogP contribution in [0.2, 0.25) is 0 Å². The van der Waals surface area contributed by atoms with Crippen LogP contribution < -0.4 is 10.6 Å². The van der Waals surface area contributed by atoms with E-state index in [1.807, 2.05) is 13.8 Å². The fourth-order valence-electron chi connectivity index (χ4n) is 1.75. The van der Waals surface area contributed by atoms with Gasteiger partial charge in [0, 0.05) is 18.6 Å². The SMILES string of the molecule is CC(C)N[C@H]1CC[C@@H](C(F)(F)F)NC1. The minimum absolute atomic E-state index is 0.174. The molecule has 1 fully saturated rings. The first-order valence-corrected chi connectivity index (χ1v) is 4.95. The van der Waals surface area contributed by atoms with Crippen molar-refractivity contribution in [2.24, 2.45) is 0 Å². The van der Waals surface area contributed by atoms with Crippen molar-refractivity contribution in [3.05, 3.63) is 0 Å². The van der Waals surface area contributed by atoms with Crippen molar-refractivity contribution in [3.63, 3.8) is 0 Å². The lowest BCUT2D eigenvalue weighted by atomic mass is 10.00. The fourth-order valence-corrected chi connectivity index (χ4v) is 1.75. The molecular formula is C9H17F3N2. The summed E-state index contributed by atoms with van der Waals surface area (Å²) in [5, 5.41) is 5.75. The van der Waals surface area contributed by atoms with E-state index >= 15 is 0 Å². The van der Waals surface area contributed by atoms with Crippen molar-refractivity contribution in [2.45, 2.75) is 51.0 Å². The van der Waals surface area contributed by atoms with Gasteiger partial charge in [-0.15, -0.1) is 0 Å². The zero-order valence-electron chi connectivity index (χ0n) is 8.49. The molecule has 0 radical (unpaired) electrons. The minimum Gasteiger partial charge on any atom is -0.311 e. The summed E-state index contributed by atoms with van der Waals surface area (Å²) < 4.78 is 36.7. The van der Waals surface area contributed by atoms with Gasteiger partial charge in [-0.25, -0.2) is 0 Å². The smallest absolute Gasteiger partial charge is 0.311 e. The van der Waals surface area contributed by atoms with E-state index in [-0.39, 0.29) is 12.5 Å². The number of alkyl halides is 3. The average Bonchev–Trinajstić information content (AvgIpc) is 2.02. The average molecular weight is 210 g/mol. The van der Waals surface area contributed by atoms with Crippen LogP contribution >= 0.6 is 0 Å². The Hall–Kier alpha value is -0.290. The second-order valence-electron chi connectivity index (χ2n) is 4.10. The van der Waals surface area contributed by atoms with Gasteiger partial charge >= 0.3 is 6.18 Å². The molecule has 1 heterocycles. The van der Waals surface area contributed by atoms with Gasteiger partial charge in [-0.3, -0.25) is 0 Å². The molecule has 14 heavy (non-hydrogen) atoms. The third-order valence-electron chi connectivity index (χ3n) is 2.38. The van der Waals surface area contributed by atoms with Crippen molar-refractivity contribution in [1.29, 1.82) is 0 Å². The summed E-state index contributed by atoms with van der Waals surface area (Å²) in [5.41, 5.74) is 0. The highest BCUT2D eigenvalue weighted by molar-refractivity contribution is 4.86. The van der Waals surface area contributed by atoms with Crippen LogP contribution in [0, 0.1) is 0 Å². The number of hydrogen-bond acceptors (Lipinski definition) is 2. The van der Waals surface area contributed by atoms with Crippen molar-refractivity contribution < 1.29 is 13.2 Å². The van der Waals surface area contributed by atoms with E-state index in [9.17, 15) is 13.2 Å². The predicted molar refractivity (Wildman–Crippen MR) is 49.1 cm³/mol. The van der Waals surface area contributed by atoms with E-state index < -0.39 is 12.2 Å². The molecule has 5 heteroatoms. The Morgan fingerprint density at radius 2 is 1.93 bits per heavy atom. The van der Waals surface area contributed by atoms with E-state index in [1.54, 1.807) is 0 Å². The largest absolute Gasteiger partial charge is 0.403 e. The predicted octanol–water partition coefficient (Wildman–Crippen LogP) is 1.67. The zero-order valence-corrected chi connectivity index (χ0v) is 8.49. The topological polar surface area (TPSA) is 24.1 Å². The first-order valence-electron chi connectivity index (χ1n) is 4.95. The third kappa shape index (κ3) is 3.46. The van der Waals surface area contributed by atoms with E-state index in [4.69, 9.17) is 0 Å². The molecule has 0 aromatic heterocycles. The Kier molecular flexibility index (Phi) is 3.78. The second-order valence-corrected chi connectivity index (χ2v) is 4.10. The second kappa shape index (κ2) is 4.49. The van der Waals surface area contributed by atoms with Crippen molar-refractivity contribution in [3.8, 4) is 0 Å². The lowest BCUT2D eigenvalue weighted by Crippen LogP contribution is -2.54. The molecule has 2 N–H and O–H groups in total. The molecule has 1 aliphatic heterocycles. The number of rotatable bonds is 2. The monoisotopic (exact) mass is 210 g/mol. The summed E-state index contributed by atoms with van der Waals surface area (Å²) in [4.78, 5) is 0. The van der Waals surface area contributed by atoms with Crippen LogP contribution in [-0.2, 0) is 0 Å². The van der Waals surface area contributed by atoms with Gasteiger partial charge in [0.25, 0.3) is 0 Å². The molecule has 0 aromatic rings. The first kappa shape index (κ1) is 11.8. The Morgan fingerprint density at radius 3 is 2.29 bits per heavy atom. The molecule has 0 amide bonds. The lowest BCUT2D eigenvalue weighted by molar-refractivity contribution is -0.161. The van der Waals surface area contributed by atoms with Gasteiger partial charge in [0.2, 0.25) is 0 Å². The molecule has 0 spiro atoms. The lowest BCUT2D eigenvalue weighted by Gasteiger charge is -2.32. The maximum Gasteiger partial charge on any atom is 0.403 e. The van der Waals surface area contributed by atoms with Crippen LogP contribution in [0.5, 0.6) is 0 Å². The van der Waals surface area contributed by atoms with Crippen molar-refractivity contribution in [1.82, 2.24) is 10.6 Å². The van der Waals surface area contributed by atoms with E-state index in [1.165, 1.54) is 0 Å². The van der Waals surface area contributed by atoms with Gasteiger partial charge in [-0.05, 0) is 12.8 Å². The highest BCUT2D eigenvalue weighted by atomic mass is 19.4. The van der Waals surface area contributed by atoms with Crippen LogP contribution in [0.25, 0.3) is 0 Å². The first-order chi connectivity index (χ1) is 6.39. The van der Waals surface area contributed by atoms with Crippen LogP contribution in [0.4, 0.5) is 13.2 Å². The molecule has 0 bridgehead atoms. The Bertz CT molecular complexity index is 171. The summed E-state index contributed by atoms with van der Waals surface area (Å²) >= 11 is 0. The number of nitrogens with one attached hydrogen (secondary N) is 2. The summed E-state index contributed by atoms with van der Waals surface area (Å²) in [6.07, 6.45) is -3.33. The normalized spacial score (nSPS) is 29.6. The van der Waals surface area contributed by atoms with Crippen molar-refractivity contribution in [2.75, 3.05) is 6.54 Å². The molecule has 2 atom stereocenters. The van der Waals surface area contributed by atoms with Crippen LogP contribution in [0.3, 0.4) is 0 Å². The summed E-state index contributed by atoms with van der Waals surface area (Å²) in [7, 11) is 0. The molecule has 0 saturated carbocycles. The number of hydrogen-bond donors (Lipinski definition) is 2. The quantitative estimate of drug-likeness (QED) is 0.724. The Labute approximate surface area is 82.2 Å². The van der Waals surface area contributed by atoms with Gasteiger partial charge in [-0.2, -0.15) is 13.2 Å². The van der Waals surface area contributed by atoms with Gasteiger partial charge in [0.05, 0.1) is 0 Å². The van der Waals surface area contributed by atoms with E-state index in [0.717, 1.165) is 0 Å². The molecule has 1 aliphatic rings. The van der Waals surface area contributed by atoms with Crippen LogP contribution in [-0.4, -0.2) is 30.8 Å². The minimum atomic E-state index is -4.09. The Morgan fingerprint density at radius 1 is 1.29 bits per heavy atom. The molecule has 0 aromatic carbocycles.